The first-order valence-electron chi connectivity index (χ1n) is 7.45. The highest BCUT2D eigenvalue weighted by atomic mass is 32.1. The Balaban J connectivity index is 0.000000352. The van der Waals surface area contributed by atoms with E-state index < -0.39 is 11.9 Å². The fourth-order valence-electron chi connectivity index (χ4n) is 2.11. The maximum Gasteiger partial charge on any atom is 0.414 e. The van der Waals surface area contributed by atoms with Crippen molar-refractivity contribution >= 4 is 34.3 Å². The van der Waals surface area contributed by atoms with Gasteiger partial charge in [0.2, 0.25) is 11.8 Å². The van der Waals surface area contributed by atoms with Crippen molar-refractivity contribution in [2.45, 2.75) is 19.8 Å². The largest absolute Gasteiger partial charge is 0.473 e. The van der Waals surface area contributed by atoms with Gasteiger partial charge in [0.15, 0.2) is 11.0 Å². The second-order valence-electron chi connectivity index (χ2n) is 5.52. The molecular weight excluding hydrogens is 366 g/mol. The first-order valence-corrected chi connectivity index (χ1v) is 8.33. The van der Waals surface area contributed by atoms with Gasteiger partial charge in [-0.2, -0.15) is 4.98 Å². The van der Waals surface area contributed by atoms with Crippen LogP contribution in [0, 0.1) is 13.8 Å². The van der Waals surface area contributed by atoms with Gasteiger partial charge in [0.1, 0.15) is 0 Å². The third-order valence-electron chi connectivity index (χ3n) is 3.27. The Morgan fingerprint density at radius 3 is 2.38 bits per heavy atom. The van der Waals surface area contributed by atoms with Crippen molar-refractivity contribution in [1.82, 2.24) is 20.0 Å². The van der Waals surface area contributed by atoms with Gasteiger partial charge in [0.05, 0.1) is 18.2 Å². The molecular formula is C14H17N5O6S. The molecule has 2 aromatic heterocycles. The normalized spacial score (nSPS) is 14.1. The van der Waals surface area contributed by atoms with Crippen LogP contribution in [-0.4, -0.2) is 67.7 Å². The molecule has 26 heavy (non-hydrogen) atoms. The molecule has 1 amide bonds. The highest BCUT2D eigenvalue weighted by molar-refractivity contribution is 7.13. The van der Waals surface area contributed by atoms with E-state index in [0.29, 0.717) is 23.4 Å². The minimum atomic E-state index is -1.82. The maximum absolute atomic E-state index is 11.8. The van der Waals surface area contributed by atoms with Gasteiger partial charge in [-0.3, -0.25) is 9.69 Å². The number of carbonyl (C=O) groups is 3. The van der Waals surface area contributed by atoms with E-state index in [-0.39, 0.29) is 11.8 Å². The molecule has 0 spiro atoms. The molecule has 12 heteroatoms. The van der Waals surface area contributed by atoms with E-state index in [1.165, 1.54) is 11.3 Å². The molecule has 1 aliphatic heterocycles. The smallest absolute Gasteiger partial charge is 0.414 e. The zero-order chi connectivity index (χ0) is 19.3. The number of aromatic nitrogens is 3. The molecule has 0 bridgehead atoms. The van der Waals surface area contributed by atoms with Crippen molar-refractivity contribution in [3.63, 3.8) is 0 Å². The van der Waals surface area contributed by atoms with E-state index in [0.717, 1.165) is 18.8 Å². The molecule has 0 aromatic carbocycles. The van der Waals surface area contributed by atoms with Crippen molar-refractivity contribution in [2.24, 2.45) is 0 Å². The summed E-state index contributed by atoms with van der Waals surface area (Å²) in [5, 5.41) is 23.9. The third kappa shape index (κ3) is 5.60. The number of hydrogen-bond acceptors (Lipinski definition) is 9. The number of nitrogens with zero attached hydrogens (tertiary/aromatic N) is 4. The number of anilines is 1. The van der Waals surface area contributed by atoms with Gasteiger partial charge >= 0.3 is 11.9 Å². The van der Waals surface area contributed by atoms with Crippen molar-refractivity contribution in [2.75, 3.05) is 25.0 Å². The molecule has 3 N–H and O–H groups in total. The number of carbonyl (C=O) groups excluding carboxylic acids is 1. The fraction of sp³-hybridized carbons (Fsp3) is 0.429. The van der Waals surface area contributed by atoms with Gasteiger partial charge < -0.3 is 20.1 Å². The van der Waals surface area contributed by atoms with Crippen LogP contribution >= 0.6 is 11.3 Å². The number of nitrogens with one attached hydrogen (secondary N) is 1. The SMILES string of the molecule is Cc1csc(NC(=O)CN2CC(c3nc(C)no3)C2)n1.O=C(O)C(=O)O. The number of hydrogen-bond donors (Lipinski definition) is 3. The molecule has 1 aliphatic rings. The van der Waals surface area contributed by atoms with Gasteiger partial charge in [-0.25, -0.2) is 14.6 Å². The number of aryl methyl sites for hydroxylation is 2. The van der Waals surface area contributed by atoms with Gasteiger partial charge in [0, 0.05) is 18.5 Å². The topological polar surface area (TPSA) is 159 Å². The van der Waals surface area contributed by atoms with Gasteiger partial charge in [0.25, 0.3) is 0 Å². The summed E-state index contributed by atoms with van der Waals surface area (Å²) in [5.74, 6) is -2.14. The molecule has 0 atom stereocenters. The molecule has 3 rings (SSSR count). The number of carboxylic acids is 2. The Morgan fingerprint density at radius 2 is 1.92 bits per heavy atom. The van der Waals surface area contributed by atoms with Crippen LogP contribution in [0.1, 0.15) is 23.3 Å². The summed E-state index contributed by atoms with van der Waals surface area (Å²) in [6, 6.07) is 0. The van der Waals surface area contributed by atoms with Crippen molar-refractivity contribution in [3.05, 3.63) is 22.8 Å². The Kier molecular flexibility index (Phi) is 6.36. The number of aliphatic carboxylic acids is 2. The number of carboxylic acid groups (broad SMARTS) is 2. The monoisotopic (exact) mass is 383 g/mol. The fourth-order valence-corrected chi connectivity index (χ4v) is 2.81. The molecule has 0 saturated carbocycles. The van der Waals surface area contributed by atoms with Crippen molar-refractivity contribution < 1.29 is 29.1 Å². The zero-order valence-electron chi connectivity index (χ0n) is 14.0. The third-order valence-corrected chi connectivity index (χ3v) is 4.14. The predicted octanol–water partition coefficient (Wildman–Crippen LogP) is 0.336. The summed E-state index contributed by atoms with van der Waals surface area (Å²) < 4.78 is 5.12. The van der Waals surface area contributed by atoms with Crippen LogP contribution in [0.5, 0.6) is 0 Å². The summed E-state index contributed by atoms with van der Waals surface area (Å²) in [5.41, 5.74) is 0.918. The van der Waals surface area contributed by atoms with Crippen LogP contribution < -0.4 is 5.32 Å². The van der Waals surface area contributed by atoms with Crippen LogP contribution in [0.15, 0.2) is 9.90 Å². The van der Waals surface area contributed by atoms with E-state index in [4.69, 9.17) is 24.3 Å². The first-order chi connectivity index (χ1) is 12.2. The lowest BCUT2D eigenvalue weighted by atomic mass is 10.0. The number of rotatable bonds is 4. The lowest BCUT2D eigenvalue weighted by molar-refractivity contribution is -0.159. The average molecular weight is 383 g/mol. The van der Waals surface area contributed by atoms with Crippen LogP contribution in [0.25, 0.3) is 0 Å². The summed E-state index contributed by atoms with van der Waals surface area (Å²) in [7, 11) is 0. The molecule has 2 aromatic rings. The van der Waals surface area contributed by atoms with Crippen LogP contribution in [0.3, 0.4) is 0 Å². The highest BCUT2D eigenvalue weighted by Crippen LogP contribution is 2.25. The number of thiazole rings is 1. The van der Waals surface area contributed by atoms with E-state index in [1.54, 1.807) is 6.92 Å². The Labute approximate surface area is 151 Å². The van der Waals surface area contributed by atoms with Crippen molar-refractivity contribution in [3.8, 4) is 0 Å². The first kappa shape index (κ1) is 19.5. The van der Waals surface area contributed by atoms with E-state index in [1.807, 2.05) is 17.2 Å². The second kappa shape index (κ2) is 8.49. The molecule has 1 fully saturated rings. The lowest BCUT2D eigenvalue weighted by Crippen LogP contribution is -2.48. The molecule has 140 valence electrons. The van der Waals surface area contributed by atoms with E-state index in [2.05, 4.69) is 20.4 Å². The average Bonchev–Trinajstić information content (AvgIpc) is 3.11. The van der Waals surface area contributed by atoms with E-state index in [9.17, 15) is 4.79 Å². The molecule has 3 heterocycles. The molecule has 11 nitrogen and oxygen atoms in total. The van der Waals surface area contributed by atoms with Crippen molar-refractivity contribution in [1.29, 1.82) is 0 Å². The standard InChI is InChI=1S/C12H15N5O2S.C2H2O4/c1-7-6-20-12(13-7)15-10(18)5-17-3-9(4-17)11-14-8(2)16-19-11;3-1(4)2(5)6/h6,9H,3-5H2,1-2H3,(H,13,15,18);(H,3,4)(H,5,6). The zero-order valence-corrected chi connectivity index (χ0v) is 14.8. The summed E-state index contributed by atoms with van der Waals surface area (Å²) >= 11 is 1.44. The lowest BCUT2D eigenvalue weighted by Gasteiger charge is -2.36. The van der Waals surface area contributed by atoms with Gasteiger partial charge in [-0.15, -0.1) is 11.3 Å². The summed E-state index contributed by atoms with van der Waals surface area (Å²) in [6.07, 6.45) is 0. The Morgan fingerprint density at radius 1 is 1.27 bits per heavy atom. The minimum absolute atomic E-state index is 0.0421. The van der Waals surface area contributed by atoms with E-state index >= 15 is 0 Å². The van der Waals surface area contributed by atoms with Gasteiger partial charge in [-0.1, -0.05) is 5.16 Å². The maximum atomic E-state index is 11.8. The summed E-state index contributed by atoms with van der Waals surface area (Å²) in [6.45, 7) is 5.60. The number of amides is 1. The molecule has 1 saturated heterocycles. The number of likely N-dealkylation sites (tertiary alicyclic amines) is 1. The van der Waals surface area contributed by atoms with Crippen LogP contribution in [-0.2, 0) is 14.4 Å². The minimum Gasteiger partial charge on any atom is -0.473 e. The van der Waals surface area contributed by atoms with Gasteiger partial charge in [-0.05, 0) is 13.8 Å². The Bertz CT molecular complexity index is 785. The predicted molar refractivity (Wildman–Crippen MR) is 89.0 cm³/mol. The molecule has 0 unspecified atom stereocenters. The molecule has 0 radical (unpaired) electrons. The van der Waals surface area contributed by atoms with Crippen LogP contribution in [0.2, 0.25) is 0 Å². The second-order valence-corrected chi connectivity index (χ2v) is 6.38. The quantitative estimate of drug-likeness (QED) is 0.628. The van der Waals surface area contributed by atoms with Crippen LogP contribution in [0.4, 0.5) is 5.13 Å². The Hall–Kier alpha value is -2.86. The molecule has 0 aliphatic carbocycles. The highest BCUT2D eigenvalue weighted by Gasteiger charge is 2.33. The summed E-state index contributed by atoms with van der Waals surface area (Å²) in [4.78, 5) is 40.5.